The molecule has 1 aliphatic heterocycles. The Bertz CT molecular complexity index is 999. The molecule has 4 rings (SSSR count). The third-order valence-electron chi connectivity index (χ3n) is 4.71. The number of thioether (sulfide) groups is 1. The average molecular weight is 407 g/mol. The number of benzene rings is 2. The molecule has 1 atom stereocenters. The van der Waals surface area contributed by atoms with Crippen LogP contribution in [0.25, 0.3) is 0 Å². The molecule has 1 aromatic heterocycles. The van der Waals surface area contributed by atoms with Crippen LogP contribution in [-0.4, -0.2) is 31.7 Å². The largest absolute Gasteiger partial charge is 0.459 e. The smallest absolute Gasteiger partial charge is 0.291 e. The van der Waals surface area contributed by atoms with Gasteiger partial charge >= 0.3 is 0 Å². The van der Waals surface area contributed by atoms with Crippen LogP contribution >= 0.6 is 11.8 Å². The maximum atomic E-state index is 12.5. The van der Waals surface area contributed by atoms with E-state index in [0.29, 0.717) is 11.4 Å². The molecule has 1 saturated heterocycles. The third kappa shape index (κ3) is 4.00. The van der Waals surface area contributed by atoms with Gasteiger partial charge in [0.15, 0.2) is 5.76 Å². The number of hydrogen-bond acceptors (Lipinski definition) is 5. The molecule has 2 heterocycles. The van der Waals surface area contributed by atoms with Gasteiger partial charge in [0.25, 0.3) is 5.91 Å². The van der Waals surface area contributed by atoms with E-state index >= 15 is 0 Å². The highest BCUT2D eigenvalue weighted by atomic mass is 32.2. The molecule has 6 nitrogen and oxygen atoms in total. The van der Waals surface area contributed by atoms with Gasteiger partial charge in [-0.05, 0) is 54.1 Å². The van der Waals surface area contributed by atoms with Gasteiger partial charge in [-0.2, -0.15) is 0 Å². The Morgan fingerprint density at radius 3 is 2.45 bits per heavy atom. The molecule has 1 aliphatic rings. The van der Waals surface area contributed by atoms with Crippen LogP contribution in [0.4, 0.5) is 17.1 Å². The van der Waals surface area contributed by atoms with Gasteiger partial charge in [-0.25, -0.2) is 0 Å². The zero-order valence-corrected chi connectivity index (χ0v) is 17.0. The molecule has 0 aliphatic carbocycles. The lowest BCUT2D eigenvalue weighted by molar-refractivity contribution is -0.115. The summed E-state index contributed by atoms with van der Waals surface area (Å²) in [6.45, 7) is 0. The molecule has 0 radical (unpaired) electrons. The van der Waals surface area contributed by atoms with Gasteiger partial charge in [0, 0.05) is 31.2 Å². The fourth-order valence-electron chi connectivity index (χ4n) is 3.19. The third-order valence-corrected chi connectivity index (χ3v) is 5.92. The molecular formula is C22H21N3O3S. The number of carbonyl (C=O) groups is 2. The van der Waals surface area contributed by atoms with Crippen molar-refractivity contribution in [2.75, 3.05) is 35.0 Å². The van der Waals surface area contributed by atoms with Crippen molar-refractivity contribution in [1.29, 1.82) is 0 Å². The minimum absolute atomic E-state index is 0.0906. The lowest BCUT2D eigenvalue weighted by Gasteiger charge is -2.25. The summed E-state index contributed by atoms with van der Waals surface area (Å²) in [5.41, 5.74) is 3.65. The van der Waals surface area contributed by atoms with Crippen molar-refractivity contribution >= 4 is 40.6 Å². The number of rotatable bonds is 5. The topological polar surface area (TPSA) is 65.8 Å². The second-order valence-electron chi connectivity index (χ2n) is 6.89. The van der Waals surface area contributed by atoms with Crippen LogP contribution < -0.4 is 15.1 Å². The van der Waals surface area contributed by atoms with E-state index in [9.17, 15) is 9.59 Å². The standard InChI is InChI=1S/C22H21N3O3S/c1-24(2)17-9-11-18(12-10-17)25-20(26)14-29-22(25)15-5-7-16(8-6-15)23-21(27)19-4-3-13-28-19/h3-13,22H,14H2,1-2H3,(H,23,27)/t22-/m1/s1. The highest BCUT2D eigenvalue weighted by molar-refractivity contribution is 8.00. The van der Waals surface area contributed by atoms with Crippen molar-refractivity contribution in [3.05, 3.63) is 78.3 Å². The molecule has 148 valence electrons. The van der Waals surface area contributed by atoms with Crippen molar-refractivity contribution in [2.24, 2.45) is 0 Å². The first-order chi connectivity index (χ1) is 14.0. The summed E-state index contributed by atoms with van der Waals surface area (Å²) in [6, 6.07) is 18.8. The number of carbonyl (C=O) groups excluding carboxylic acids is 2. The van der Waals surface area contributed by atoms with Crippen LogP contribution in [0.2, 0.25) is 0 Å². The van der Waals surface area contributed by atoms with Crippen molar-refractivity contribution in [3.63, 3.8) is 0 Å². The highest BCUT2D eigenvalue weighted by Gasteiger charge is 2.34. The van der Waals surface area contributed by atoms with E-state index in [-0.39, 0.29) is 22.9 Å². The molecule has 3 aromatic rings. The quantitative estimate of drug-likeness (QED) is 0.680. The van der Waals surface area contributed by atoms with Crippen LogP contribution in [-0.2, 0) is 4.79 Å². The lowest BCUT2D eigenvalue weighted by Crippen LogP contribution is -2.27. The van der Waals surface area contributed by atoms with E-state index in [2.05, 4.69) is 5.32 Å². The molecule has 0 unspecified atom stereocenters. The number of anilines is 3. The maximum absolute atomic E-state index is 12.5. The number of furan rings is 1. The Balaban J connectivity index is 1.52. The highest BCUT2D eigenvalue weighted by Crippen LogP contribution is 2.42. The first-order valence-electron chi connectivity index (χ1n) is 9.19. The lowest BCUT2D eigenvalue weighted by atomic mass is 10.1. The van der Waals surface area contributed by atoms with Crippen molar-refractivity contribution < 1.29 is 14.0 Å². The first-order valence-corrected chi connectivity index (χ1v) is 10.2. The van der Waals surface area contributed by atoms with E-state index in [4.69, 9.17) is 4.42 Å². The number of amides is 2. The van der Waals surface area contributed by atoms with Crippen LogP contribution in [0.5, 0.6) is 0 Å². The molecule has 2 amide bonds. The summed E-state index contributed by atoms with van der Waals surface area (Å²) in [5.74, 6) is 0.499. The monoisotopic (exact) mass is 407 g/mol. The van der Waals surface area contributed by atoms with Crippen LogP contribution in [0.1, 0.15) is 21.5 Å². The minimum Gasteiger partial charge on any atom is -0.459 e. The molecule has 0 saturated carbocycles. The van der Waals surface area contributed by atoms with Crippen molar-refractivity contribution in [3.8, 4) is 0 Å². The Labute approximate surface area is 173 Å². The molecule has 1 fully saturated rings. The minimum atomic E-state index is -0.296. The summed E-state index contributed by atoms with van der Waals surface area (Å²) in [4.78, 5) is 28.5. The Hall–Kier alpha value is -3.19. The van der Waals surface area contributed by atoms with Gasteiger partial charge in [0.2, 0.25) is 5.91 Å². The van der Waals surface area contributed by atoms with Crippen LogP contribution in [0.3, 0.4) is 0 Å². The van der Waals surface area contributed by atoms with Gasteiger partial charge in [0.05, 0.1) is 12.0 Å². The molecular weight excluding hydrogens is 386 g/mol. The van der Waals surface area contributed by atoms with Crippen LogP contribution in [0, 0.1) is 0 Å². The maximum Gasteiger partial charge on any atom is 0.291 e. The fraction of sp³-hybridized carbons (Fsp3) is 0.182. The zero-order chi connectivity index (χ0) is 20.4. The Kier molecular flexibility index (Phi) is 5.31. The zero-order valence-electron chi connectivity index (χ0n) is 16.2. The summed E-state index contributed by atoms with van der Waals surface area (Å²) in [7, 11) is 3.97. The summed E-state index contributed by atoms with van der Waals surface area (Å²) >= 11 is 1.60. The molecule has 0 spiro atoms. The molecule has 29 heavy (non-hydrogen) atoms. The molecule has 2 aromatic carbocycles. The van der Waals surface area contributed by atoms with E-state index < -0.39 is 0 Å². The van der Waals surface area contributed by atoms with E-state index in [1.165, 1.54) is 6.26 Å². The van der Waals surface area contributed by atoms with Gasteiger partial charge in [-0.15, -0.1) is 11.8 Å². The van der Waals surface area contributed by atoms with Gasteiger partial charge in [-0.3, -0.25) is 14.5 Å². The number of hydrogen-bond donors (Lipinski definition) is 1. The van der Waals surface area contributed by atoms with Crippen molar-refractivity contribution in [1.82, 2.24) is 0 Å². The summed E-state index contributed by atoms with van der Waals surface area (Å²) < 4.78 is 5.11. The SMILES string of the molecule is CN(C)c1ccc(N2C(=O)CS[C@@H]2c2ccc(NC(=O)c3ccco3)cc2)cc1. The molecule has 1 N–H and O–H groups in total. The summed E-state index contributed by atoms with van der Waals surface area (Å²) in [5, 5.41) is 2.71. The van der Waals surface area contributed by atoms with Crippen LogP contribution in [0.15, 0.2) is 71.3 Å². The number of nitrogens with one attached hydrogen (secondary N) is 1. The van der Waals surface area contributed by atoms with E-state index in [1.807, 2.05) is 72.4 Å². The van der Waals surface area contributed by atoms with Crippen molar-refractivity contribution in [2.45, 2.75) is 5.37 Å². The molecule has 0 bridgehead atoms. The van der Waals surface area contributed by atoms with Gasteiger partial charge in [-0.1, -0.05) is 12.1 Å². The molecule has 7 heteroatoms. The van der Waals surface area contributed by atoms with E-state index in [1.54, 1.807) is 23.9 Å². The Morgan fingerprint density at radius 2 is 1.83 bits per heavy atom. The average Bonchev–Trinajstić information content (AvgIpc) is 3.39. The predicted molar refractivity (Wildman–Crippen MR) is 117 cm³/mol. The normalized spacial score (nSPS) is 16.1. The second-order valence-corrected chi connectivity index (χ2v) is 7.96. The van der Waals surface area contributed by atoms with Gasteiger partial charge < -0.3 is 14.6 Å². The number of nitrogens with zero attached hydrogens (tertiary/aromatic N) is 2. The fourth-order valence-corrected chi connectivity index (χ4v) is 4.37. The van der Waals surface area contributed by atoms with Gasteiger partial charge in [0.1, 0.15) is 5.37 Å². The summed E-state index contributed by atoms with van der Waals surface area (Å²) in [6.07, 6.45) is 1.46. The first kappa shape index (κ1) is 19.1. The second kappa shape index (κ2) is 8.05. The van der Waals surface area contributed by atoms with E-state index in [0.717, 1.165) is 16.9 Å². The Morgan fingerprint density at radius 1 is 1.10 bits per heavy atom. The predicted octanol–water partition coefficient (Wildman–Crippen LogP) is 4.38.